The molecular weight excluding hydrogens is 290 g/mol. The fraction of sp³-hybridized carbons (Fsp3) is 0.471. The third kappa shape index (κ3) is 2.86. The highest BCUT2D eigenvalue weighted by atomic mass is 16.2. The summed E-state index contributed by atoms with van der Waals surface area (Å²) in [5, 5.41) is 10.7. The number of piperidine rings is 1. The third-order valence-electron chi connectivity index (χ3n) is 4.83. The van der Waals surface area contributed by atoms with Crippen LogP contribution >= 0.6 is 0 Å². The fourth-order valence-electron chi connectivity index (χ4n) is 3.45. The molecule has 2 aliphatic rings. The number of amides is 1. The number of carbonyl (C=O) groups is 1. The normalized spacial score (nSPS) is 23.0. The Kier molecular flexibility index (Phi) is 3.83. The SMILES string of the molecule is O=C(NCC1Cc2ccccc21)c1ncn(C2CCCNC2)n1. The molecule has 6 heteroatoms. The van der Waals surface area contributed by atoms with Crippen LogP contribution in [0.5, 0.6) is 0 Å². The van der Waals surface area contributed by atoms with Gasteiger partial charge in [-0.1, -0.05) is 24.3 Å². The maximum absolute atomic E-state index is 12.2. The minimum atomic E-state index is -0.183. The Morgan fingerprint density at radius 3 is 3.13 bits per heavy atom. The number of nitrogens with zero attached hydrogens (tertiary/aromatic N) is 3. The van der Waals surface area contributed by atoms with Gasteiger partial charge in [-0.25, -0.2) is 9.67 Å². The minimum absolute atomic E-state index is 0.183. The maximum atomic E-state index is 12.2. The molecule has 1 aromatic carbocycles. The Morgan fingerprint density at radius 2 is 2.30 bits per heavy atom. The zero-order valence-corrected chi connectivity index (χ0v) is 13.0. The van der Waals surface area contributed by atoms with Crippen LogP contribution in [0, 0.1) is 0 Å². The number of hydrogen-bond donors (Lipinski definition) is 2. The maximum Gasteiger partial charge on any atom is 0.290 e. The van der Waals surface area contributed by atoms with Gasteiger partial charge in [-0.2, -0.15) is 0 Å². The molecule has 4 rings (SSSR count). The summed E-state index contributed by atoms with van der Waals surface area (Å²) in [5.74, 6) is 0.500. The molecule has 2 aromatic rings. The van der Waals surface area contributed by atoms with Crippen molar-refractivity contribution < 1.29 is 4.79 Å². The Hall–Kier alpha value is -2.21. The Morgan fingerprint density at radius 1 is 1.39 bits per heavy atom. The molecule has 1 aliphatic carbocycles. The van der Waals surface area contributed by atoms with Gasteiger partial charge in [0.1, 0.15) is 6.33 Å². The summed E-state index contributed by atoms with van der Waals surface area (Å²) in [6.45, 7) is 2.60. The van der Waals surface area contributed by atoms with E-state index in [-0.39, 0.29) is 11.7 Å². The summed E-state index contributed by atoms with van der Waals surface area (Å²) >= 11 is 0. The summed E-state index contributed by atoms with van der Waals surface area (Å²) in [6, 6.07) is 8.70. The zero-order valence-electron chi connectivity index (χ0n) is 13.0. The molecule has 0 radical (unpaired) electrons. The molecule has 2 N–H and O–H groups in total. The minimum Gasteiger partial charge on any atom is -0.349 e. The Bertz CT molecular complexity index is 705. The first-order chi connectivity index (χ1) is 11.3. The molecule has 1 aromatic heterocycles. The second kappa shape index (κ2) is 6.12. The van der Waals surface area contributed by atoms with Gasteiger partial charge in [-0.05, 0) is 36.9 Å². The predicted molar refractivity (Wildman–Crippen MR) is 86.4 cm³/mol. The van der Waals surface area contributed by atoms with E-state index >= 15 is 0 Å². The second-order valence-electron chi connectivity index (χ2n) is 6.36. The molecule has 120 valence electrons. The molecule has 1 saturated heterocycles. The lowest BCUT2D eigenvalue weighted by Crippen LogP contribution is -2.34. The smallest absolute Gasteiger partial charge is 0.290 e. The van der Waals surface area contributed by atoms with E-state index < -0.39 is 0 Å². The average molecular weight is 311 g/mol. The number of hydrogen-bond acceptors (Lipinski definition) is 4. The number of carbonyl (C=O) groups excluding carboxylic acids is 1. The number of benzene rings is 1. The number of nitrogens with one attached hydrogen (secondary N) is 2. The first-order valence-electron chi connectivity index (χ1n) is 8.29. The zero-order chi connectivity index (χ0) is 15.6. The van der Waals surface area contributed by atoms with Gasteiger partial charge in [0.2, 0.25) is 5.82 Å². The first kappa shape index (κ1) is 14.4. The van der Waals surface area contributed by atoms with Crippen molar-refractivity contribution in [2.75, 3.05) is 19.6 Å². The molecule has 6 nitrogen and oxygen atoms in total. The van der Waals surface area contributed by atoms with Crippen molar-refractivity contribution in [1.29, 1.82) is 0 Å². The summed E-state index contributed by atoms with van der Waals surface area (Å²) in [4.78, 5) is 16.4. The highest BCUT2D eigenvalue weighted by Crippen LogP contribution is 2.33. The summed E-state index contributed by atoms with van der Waals surface area (Å²) in [5.41, 5.74) is 2.73. The molecule has 2 atom stereocenters. The van der Waals surface area contributed by atoms with Crippen LogP contribution in [0.3, 0.4) is 0 Å². The molecule has 0 bridgehead atoms. The van der Waals surface area contributed by atoms with E-state index in [1.54, 1.807) is 6.33 Å². The molecule has 23 heavy (non-hydrogen) atoms. The molecule has 0 spiro atoms. The van der Waals surface area contributed by atoms with Gasteiger partial charge < -0.3 is 10.6 Å². The lowest BCUT2D eigenvalue weighted by molar-refractivity contribution is 0.0939. The van der Waals surface area contributed by atoms with E-state index in [4.69, 9.17) is 0 Å². The van der Waals surface area contributed by atoms with Crippen molar-refractivity contribution >= 4 is 5.91 Å². The quantitative estimate of drug-likeness (QED) is 0.892. The average Bonchev–Trinajstić information content (AvgIpc) is 3.06. The molecular formula is C17H21N5O. The second-order valence-corrected chi connectivity index (χ2v) is 6.36. The van der Waals surface area contributed by atoms with Crippen molar-refractivity contribution in [3.8, 4) is 0 Å². The fourth-order valence-corrected chi connectivity index (χ4v) is 3.45. The summed E-state index contributed by atoms with van der Waals surface area (Å²) in [6.07, 6.45) is 4.92. The van der Waals surface area contributed by atoms with Crippen LogP contribution in [0.15, 0.2) is 30.6 Å². The van der Waals surface area contributed by atoms with Crippen LogP contribution in [-0.4, -0.2) is 40.3 Å². The van der Waals surface area contributed by atoms with E-state index in [0.717, 1.165) is 32.4 Å². The van der Waals surface area contributed by atoms with Gasteiger partial charge in [0.15, 0.2) is 0 Å². The van der Waals surface area contributed by atoms with E-state index in [1.807, 2.05) is 10.7 Å². The standard InChI is InChI=1S/C17H21N5O/c23-17(19-9-13-8-12-4-1-2-6-15(12)13)16-20-11-22(21-16)14-5-3-7-18-10-14/h1-2,4,6,11,13-14,18H,3,5,7-10H2,(H,19,23). The van der Waals surface area contributed by atoms with Gasteiger partial charge in [0.05, 0.1) is 6.04 Å². The van der Waals surface area contributed by atoms with Crippen LogP contribution in [0.2, 0.25) is 0 Å². The molecule has 2 heterocycles. The van der Waals surface area contributed by atoms with Crippen molar-refractivity contribution in [1.82, 2.24) is 25.4 Å². The lowest BCUT2D eigenvalue weighted by atomic mass is 9.77. The molecule has 0 saturated carbocycles. The van der Waals surface area contributed by atoms with Gasteiger partial charge in [-0.15, -0.1) is 5.10 Å². The van der Waals surface area contributed by atoms with E-state index in [9.17, 15) is 4.79 Å². The largest absolute Gasteiger partial charge is 0.349 e. The first-order valence-corrected chi connectivity index (χ1v) is 8.29. The molecule has 1 fully saturated rings. The van der Waals surface area contributed by atoms with E-state index in [0.29, 0.717) is 18.5 Å². The molecule has 2 unspecified atom stereocenters. The van der Waals surface area contributed by atoms with Crippen LogP contribution in [0.25, 0.3) is 0 Å². The Balaban J connectivity index is 1.34. The van der Waals surface area contributed by atoms with Crippen molar-refractivity contribution in [2.45, 2.75) is 31.2 Å². The van der Waals surface area contributed by atoms with Crippen molar-refractivity contribution in [3.05, 3.63) is 47.5 Å². The van der Waals surface area contributed by atoms with Crippen LogP contribution in [0.4, 0.5) is 0 Å². The summed E-state index contributed by atoms with van der Waals surface area (Å²) in [7, 11) is 0. The Labute approximate surface area is 135 Å². The predicted octanol–water partition coefficient (Wildman–Crippen LogP) is 1.27. The van der Waals surface area contributed by atoms with E-state index in [2.05, 4.69) is 38.9 Å². The monoisotopic (exact) mass is 311 g/mol. The highest BCUT2D eigenvalue weighted by molar-refractivity contribution is 5.90. The number of aromatic nitrogens is 3. The van der Waals surface area contributed by atoms with Gasteiger partial charge in [-0.3, -0.25) is 4.79 Å². The van der Waals surface area contributed by atoms with Crippen LogP contribution < -0.4 is 10.6 Å². The molecule has 1 amide bonds. The number of fused-ring (bicyclic) bond motifs is 1. The third-order valence-corrected chi connectivity index (χ3v) is 4.83. The van der Waals surface area contributed by atoms with E-state index in [1.165, 1.54) is 11.1 Å². The van der Waals surface area contributed by atoms with Gasteiger partial charge >= 0.3 is 0 Å². The van der Waals surface area contributed by atoms with Crippen LogP contribution in [0.1, 0.15) is 46.5 Å². The van der Waals surface area contributed by atoms with Crippen LogP contribution in [-0.2, 0) is 6.42 Å². The summed E-state index contributed by atoms with van der Waals surface area (Å²) < 4.78 is 1.82. The number of rotatable bonds is 4. The molecule has 1 aliphatic heterocycles. The van der Waals surface area contributed by atoms with Gasteiger partial charge in [0.25, 0.3) is 5.91 Å². The lowest BCUT2D eigenvalue weighted by Gasteiger charge is -2.29. The van der Waals surface area contributed by atoms with Gasteiger partial charge in [0, 0.05) is 19.0 Å². The van der Waals surface area contributed by atoms with Crippen molar-refractivity contribution in [2.24, 2.45) is 0 Å². The van der Waals surface area contributed by atoms with Crippen molar-refractivity contribution in [3.63, 3.8) is 0 Å². The highest BCUT2D eigenvalue weighted by Gasteiger charge is 2.26. The topological polar surface area (TPSA) is 71.8 Å².